The normalized spacial score (nSPS) is 10.9. The van der Waals surface area contributed by atoms with E-state index in [1.807, 2.05) is 31.2 Å². The zero-order valence-corrected chi connectivity index (χ0v) is 22.4. The van der Waals surface area contributed by atoms with E-state index < -0.39 is 0 Å². The predicted molar refractivity (Wildman–Crippen MR) is 152 cm³/mol. The Morgan fingerprint density at radius 1 is 0.811 bits per heavy atom. The number of carbonyl (C=O) groups is 2. The number of anilines is 2. The smallest absolute Gasteiger partial charge is 0.257 e. The fourth-order valence-electron chi connectivity index (χ4n) is 3.39. The van der Waals surface area contributed by atoms with Gasteiger partial charge in [0.25, 0.3) is 11.8 Å². The lowest BCUT2D eigenvalue weighted by molar-refractivity contribution is 0.0974. The number of ether oxygens (including phenoxy) is 2. The average molecular weight is 520 g/mol. The minimum Gasteiger partial charge on any atom is -0.491 e. The van der Waals surface area contributed by atoms with Gasteiger partial charge in [0.15, 0.2) is 5.11 Å². The molecule has 37 heavy (non-hydrogen) atoms. The summed E-state index contributed by atoms with van der Waals surface area (Å²) in [5, 5.41) is 8.68. The number of hydrogen-bond acceptors (Lipinski definition) is 5. The lowest BCUT2D eigenvalue weighted by Crippen LogP contribution is -2.34. The van der Waals surface area contributed by atoms with Gasteiger partial charge in [-0.15, -0.1) is 0 Å². The molecule has 0 aliphatic carbocycles. The predicted octanol–water partition coefficient (Wildman–Crippen LogP) is 5.78. The summed E-state index contributed by atoms with van der Waals surface area (Å²) in [5.74, 6) is 0.0381. The van der Waals surface area contributed by atoms with Crippen molar-refractivity contribution in [1.29, 1.82) is 0 Å². The van der Waals surface area contributed by atoms with E-state index in [0.717, 1.165) is 0 Å². The van der Waals surface area contributed by atoms with Gasteiger partial charge in [0.2, 0.25) is 0 Å². The molecule has 0 fully saturated rings. The number of nitrogens with one attached hydrogen (secondary N) is 3. The molecule has 0 heterocycles. The highest BCUT2D eigenvalue weighted by atomic mass is 32.1. The molecule has 0 aromatic heterocycles. The van der Waals surface area contributed by atoms with Crippen molar-refractivity contribution in [1.82, 2.24) is 5.32 Å². The molecule has 194 valence electrons. The van der Waals surface area contributed by atoms with Gasteiger partial charge in [-0.1, -0.05) is 39.0 Å². The molecule has 7 nitrogen and oxygen atoms in total. The SMILES string of the molecule is CCOCCOc1cccc(C(=O)NC(=S)Nc2ccc(NC(=O)c3ccc(C(C)(C)C)cc3)cc2)c1. The average Bonchev–Trinajstić information content (AvgIpc) is 2.87. The summed E-state index contributed by atoms with van der Waals surface area (Å²) in [4.78, 5) is 25.2. The molecule has 0 spiro atoms. The monoisotopic (exact) mass is 519 g/mol. The van der Waals surface area contributed by atoms with Crippen molar-refractivity contribution in [2.75, 3.05) is 30.5 Å². The van der Waals surface area contributed by atoms with E-state index in [4.69, 9.17) is 21.7 Å². The Morgan fingerprint density at radius 2 is 1.46 bits per heavy atom. The van der Waals surface area contributed by atoms with Gasteiger partial charge in [0.1, 0.15) is 12.4 Å². The summed E-state index contributed by atoms with van der Waals surface area (Å²) >= 11 is 5.29. The molecule has 0 aliphatic heterocycles. The third kappa shape index (κ3) is 8.70. The number of rotatable bonds is 9. The van der Waals surface area contributed by atoms with Crippen LogP contribution in [0, 0.1) is 0 Å². The highest BCUT2D eigenvalue weighted by Crippen LogP contribution is 2.23. The summed E-state index contributed by atoms with van der Waals surface area (Å²) in [5.41, 5.74) is 3.52. The molecule has 2 amide bonds. The standard InChI is InChI=1S/C29H33N3O4S/c1-5-35-17-18-36-25-8-6-7-21(19-25)27(34)32-28(37)31-24-15-13-23(14-16-24)30-26(33)20-9-11-22(12-10-20)29(2,3)4/h6-16,19H,5,17-18H2,1-4H3,(H,30,33)(H2,31,32,34,37). The Labute approximate surface area is 223 Å². The van der Waals surface area contributed by atoms with E-state index in [1.165, 1.54) is 5.56 Å². The summed E-state index contributed by atoms with van der Waals surface area (Å²) < 4.78 is 10.9. The van der Waals surface area contributed by atoms with E-state index in [9.17, 15) is 9.59 Å². The first kappa shape index (κ1) is 27.8. The molecule has 0 radical (unpaired) electrons. The summed E-state index contributed by atoms with van der Waals surface area (Å²) in [7, 11) is 0. The van der Waals surface area contributed by atoms with Gasteiger partial charge in [0.05, 0.1) is 6.61 Å². The highest BCUT2D eigenvalue weighted by Gasteiger charge is 2.14. The largest absolute Gasteiger partial charge is 0.491 e. The Balaban J connectivity index is 1.51. The Kier molecular flexibility index (Phi) is 9.77. The van der Waals surface area contributed by atoms with E-state index in [0.29, 0.717) is 48.1 Å². The maximum atomic E-state index is 12.6. The van der Waals surface area contributed by atoms with Crippen molar-refractivity contribution in [3.05, 3.63) is 89.5 Å². The molecular formula is C29H33N3O4S. The van der Waals surface area contributed by atoms with E-state index >= 15 is 0 Å². The molecule has 3 rings (SSSR count). The van der Waals surface area contributed by atoms with Crippen LogP contribution in [0.25, 0.3) is 0 Å². The van der Waals surface area contributed by atoms with Crippen LogP contribution in [0.4, 0.5) is 11.4 Å². The van der Waals surface area contributed by atoms with Crippen molar-refractivity contribution in [2.45, 2.75) is 33.1 Å². The molecule has 0 atom stereocenters. The van der Waals surface area contributed by atoms with Crippen LogP contribution in [-0.4, -0.2) is 36.7 Å². The molecular weight excluding hydrogens is 486 g/mol. The van der Waals surface area contributed by atoms with Gasteiger partial charge in [-0.3, -0.25) is 14.9 Å². The third-order valence-electron chi connectivity index (χ3n) is 5.44. The van der Waals surface area contributed by atoms with E-state index in [2.05, 4.69) is 36.7 Å². The van der Waals surface area contributed by atoms with Crippen molar-refractivity contribution < 1.29 is 19.1 Å². The fourth-order valence-corrected chi connectivity index (χ4v) is 3.60. The first-order valence-corrected chi connectivity index (χ1v) is 12.5. The van der Waals surface area contributed by atoms with Crippen LogP contribution in [0.15, 0.2) is 72.8 Å². The minimum absolute atomic E-state index is 0.0278. The van der Waals surface area contributed by atoms with Gasteiger partial charge < -0.3 is 20.1 Å². The van der Waals surface area contributed by atoms with Crippen LogP contribution in [-0.2, 0) is 10.2 Å². The Hall–Kier alpha value is -3.75. The number of amides is 2. The molecule has 0 unspecified atom stereocenters. The van der Waals surface area contributed by atoms with Gasteiger partial charge in [0, 0.05) is 29.1 Å². The van der Waals surface area contributed by atoms with Gasteiger partial charge >= 0.3 is 0 Å². The lowest BCUT2D eigenvalue weighted by atomic mass is 9.87. The van der Waals surface area contributed by atoms with Crippen LogP contribution < -0.4 is 20.7 Å². The number of benzene rings is 3. The van der Waals surface area contributed by atoms with Crippen molar-refractivity contribution >= 4 is 40.5 Å². The lowest BCUT2D eigenvalue weighted by Gasteiger charge is -2.19. The number of hydrogen-bond donors (Lipinski definition) is 3. The maximum absolute atomic E-state index is 12.6. The third-order valence-corrected chi connectivity index (χ3v) is 5.64. The van der Waals surface area contributed by atoms with E-state index in [-0.39, 0.29) is 22.3 Å². The summed E-state index contributed by atoms with van der Waals surface area (Å²) in [6.07, 6.45) is 0. The van der Waals surface area contributed by atoms with Crippen LogP contribution in [0.1, 0.15) is 54.0 Å². The summed E-state index contributed by atoms with van der Waals surface area (Å²) in [6.45, 7) is 9.82. The molecule has 3 aromatic carbocycles. The van der Waals surface area contributed by atoms with Gasteiger partial charge in [-0.05, 0) is 84.7 Å². The van der Waals surface area contributed by atoms with Crippen LogP contribution in [0.2, 0.25) is 0 Å². The van der Waals surface area contributed by atoms with E-state index in [1.54, 1.807) is 48.5 Å². The molecule has 0 aliphatic rings. The Bertz CT molecular complexity index is 1220. The molecule has 3 N–H and O–H groups in total. The Morgan fingerprint density at radius 3 is 2.08 bits per heavy atom. The highest BCUT2D eigenvalue weighted by molar-refractivity contribution is 7.80. The van der Waals surface area contributed by atoms with Crippen LogP contribution in [0.5, 0.6) is 5.75 Å². The van der Waals surface area contributed by atoms with Crippen molar-refractivity contribution in [3.63, 3.8) is 0 Å². The minimum atomic E-state index is -0.353. The fraction of sp³-hybridized carbons (Fsp3) is 0.276. The van der Waals surface area contributed by atoms with Crippen LogP contribution >= 0.6 is 12.2 Å². The first-order chi connectivity index (χ1) is 17.7. The quantitative estimate of drug-likeness (QED) is 0.245. The van der Waals surface area contributed by atoms with Gasteiger partial charge in [-0.2, -0.15) is 0 Å². The molecule has 0 saturated carbocycles. The molecule has 8 heteroatoms. The number of carbonyl (C=O) groups excluding carboxylic acids is 2. The molecule has 0 saturated heterocycles. The van der Waals surface area contributed by atoms with Crippen molar-refractivity contribution in [3.8, 4) is 5.75 Å². The zero-order chi connectivity index (χ0) is 26.8. The molecule has 3 aromatic rings. The second kappa shape index (κ2) is 13.0. The van der Waals surface area contributed by atoms with Crippen molar-refractivity contribution in [2.24, 2.45) is 0 Å². The zero-order valence-electron chi connectivity index (χ0n) is 21.6. The topological polar surface area (TPSA) is 88.7 Å². The maximum Gasteiger partial charge on any atom is 0.257 e. The second-order valence-corrected chi connectivity index (χ2v) is 9.75. The first-order valence-electron chi connectivity index (χ1n) is 12.1. The van der Waals surface area contributed by atoms with Crippen LogP contribution in [0.3, 0.4) is 0 Å². The summed E-state index contributed by atoms with van der Waals surface area (Å²) in [6, 6.07) is 21.5. The number of thiocarbonyl (C=S) groups is 1. The second-order valence-electron chi connectivity index (χ2n) is 9.34. The van der Waals surface area contributed by atoms with Gasteiger partial charge in [-0.25, -0.2) is 0 Å². The molecule has 0 bridgehead atoms.